The molecule has 1 heterocycles. The number of aliphatic imine (C=N–C) groups is 1. The highest BCUT2D eigenvalue weighted by atomic mass is 127. The van der Waals surface area contributed by atoms with Gasteiger partial charge in [0.1, 0.15) is 5.75 Å². The Morgan fingerprint density at radius 3 is 2.33 bits per heavy atom. The number of ether oxygens (including phenoxy) is 1. The standard InChI is InChI=1S/C19H26F3N5O2.HI/c1-5-23-17(25-11-15-26-16(29-27-15)18(2,3)4)24-10-13-6-8-14(9-7-13)28-12-19(20,21)22;/h6-9H,5,10-12H2,1-4H3,(H2,23,24,25);1H. The second-order valence-electron chi connectivity index (χ2n) is 7.36. The third-order valence-electron chi connectivity index (χ3n) is 3.61. The third kappa shape index (κ3) is 9.18. The van der Waals surface area contributed by atoms with Gasteiger partial charge in [-0.25, -0.2) is 4.99 Å². The first-order chi connectivity index (χ1) is 13.6. The number of rotatable bonds is 7. The number of nitrogens with one attached hydrogen (secondary N) is 2. The molecule has 0 bridgehead atoms. The van der Waals surface area contributed by atoms with Crippen molar-refractivity contribution in [1.29, 1.82) is 0 Å². The van der Waals surface area contributed by atoms with Crippen molar-refractivity contribution in [2.45, 2.75) is 52.4 Å². The summed E-state index contributed by atoms with van der Waals surface area (Å²) < 4.78 is 46.5. The molecular formula is C19H27F3IN5O2. The van der Waals surface area contributed by atoms with Crippen LogP contribution in [0.15, 0.2) is 33.8 Å². The zero-order valence-corrected chi connectivity index (χ0v) is 19.7. The van der Waals surface area contributed by atoms with Gasteiger partial charge in [0.15, 0.2) is 18.4 Å². The van der Waals surface area contributed by atoms with Gasteiger partial charge in [-0.15, -0.1) is 24.0 Å². The predicted octanol–water partition coefficient (Wildman–Crippen LogP) is 4.18. The van der Waals surface area contributed by atoms with E-state index in [-0.39, 0.29) is 35.1 Å². The molecule has 2 aromatic rings. The summed E-state index contributed by atoms with van der Waals surface area (Å²) in [6.45, 7) is 7.94. The monoisotopic (exact) mass is 541 g/mol. The molecule has 0 aliphatic rings. The van der Waals surface area contributed by atoms with Crippen LogP contribution >= 0.6 is 24.0 Å². The summed E-state index contributed by atoms with van der Waals surface area (Å²) >= 11 is 0. The number of aromatic nitrogens is 2. The van der Waals surface area contributed by atoms with Crippen molar-refractivity contribution >= 4 is 29.9 Å². The van der Waals surface area contributed by atoms with Crippen molar-refractivity contribution in [1.82, 2.24) is 20.8 Å². The highest BCUT2D eigenvalue weighted by Crippen LogP contribution is 2.20. The Bertz CT molecular complexity index is 802. The van der Waals surface area contributed by atoms with Crippen molar-refractivity contribution in [3.8, 4) is 5.75 Å². The van der Waals surface area contributed by atoms with Crippen molar-refractivity contribution in [2.24, 2.45) is 4.99 Å². The van der Waals surface area contributed by atoms with Crippen molar-refractivity contribution in [3.63, 3.8) is 0 Å². The van der Waals surface area contributed by atoms with E-state index in [2.05, 4.69) is 25.8 Å². The van der Waals surface area contributed by atoms with Gasteiger partial charge in [0.2, 0.25) is 5.89 Å². The number of halogens is 4. The number of benzene rings is 1. The fraction of sp³-hybridized carbons (Fsp3) is 0.526. The topological polar surface area (TPSA) is 84.6 Å². The van der Waals surface area contributed by atoms with Crippen molar-refractivity contribution < 1.29 is 22.4 Å². The highest BCUT2D eigenvalue weighted by molar-refractivity contribution is 14.0. The Hall–Kier alpha value is -2.05. The zero-order valence-electron chi connectivity index (χ0n) is 17.3. The van der Waals surface area contributed by atoms with Crippen LogP contribution in [0.25, 0.3) is 0 Å². The molecule has 168 valence electrons. The van der Waals surface area contributed by atoms with Crippen molar-refractivity contribution in [2.75, 3.05) is 13.2 Å². The summed E-state index contributed by atoms with van der Waals surface area (Å²) in [6.07, 6.45) is -4.36. The lowest BCUT2D eigenvalue weighted by atomic mass is 9.97. The van der Waals surface area contributed by atoms with E-state index in [1.54, 1.807) is 12.1 Å². The normalized spacial score (nSPS) is 12.3. The van der Waals surface area contributed by atoms with E-state index >= 15 is 0 Å². The first-order valence-corrected chi connectivity index (χ1v) is 9.20. The van der Waals surface area contributed by atoms with Crippen LogP contribution in [0.2, 0.25) is 0 Å². The van der Waals surface area contributed by atoms with Gasteiger partial charge in [-0.05, 0) is 24.6 Å². The van der Waals surface area contributed by atoms with Gasteiger partial charge >= 0.3 is 6.18 Å². The van der Waals surface area contributed by atoms with Crippen LogP contribution in [-0.4, -0.2) is 35.4 Å². The molecule has 0 unspecified atom stereocenters. The van der Waals surface area contributed by atoms with Gasteiger partial charge in [-0.2, -0.15) is 18.2 Å². The molecule has 1 aromatic heterocycles. The summed E-state index contributed by atoms with van der Waals surface area (Å²) in [7, 11) is 0. The fourth-order valence-electron chi connectivity index (χ4n) is 2.16. The van der Waals surface area contributed by atoms with E-state index in [1.807, 2.05) is 27.7 Å². The molecule has 0 radical (unpaired) electrons. The molecule has 0 atom stereocenters. The van der Waals surface area contributed by atoms with Crippen LogP contribution in [0.1, 0.15) is 45.0 Å². The maximum Gasteiger partial charge on any atom is 0.422 e. The van der Waals surface area contributed by atoms with Crippen LogP contribution in [0.3, 0.4) is 0 Å². The molecule has 0 fully saturated rings. The largest absolute Gasteiger partial charge is 0.484 e. The third-order valence-corrected chi connectivity index (χ3v) is 3.61. The van der Waals surface area contributed by atoms with Gasteiger partial charge < -0.3 is 19.9 Å². The van der Waals surface area contributed by atoms with Gasteiger partial charge in [0, 0.05) is 12.0 Å². The minimum absolute atomic E-state index is 0. The summed E-state index contributed by atoms with van der Waals surface area (Å²) in [5.74, 6) is 1.80. The number of nitrogens with zero attached hydrogens (tertiary/aromatic N) is 3. The number of hydrogen-bond donors (Lipinski definition) is 2. The summed E-state index contributed by atoms with van der Waals surface area (Å²) in [5, 5.41) is 10.2. The summed E-state index contributed by atoms with van der Waals surface area (Å²) in [6, 6.07) is 6.33. The van der Waals surface area contributed by atoms with Gasteiger partial charge in [0.05, 0.1) is 13.1 Å². The Morgan fingerprint density at radius 2 is 1.80 bits per heavy atom. The van der Waals surface area contributed by atoms with E-state index in [1.165, 1.54) is 12.1 Å². The molecule has 30 heavy (non-hydrogen) atoms. The van der Waals surface area contributed by atoms with Crippen LogP contribution in [0, 0.1) is 0 Å². The quantitative estimate of drug-likeness (QED) is 0.311. The lowest BCUT2D eigenvalue weighted by Crippen LogP contribution is -2.37. The second-order valence-corrected chi connectivity index (χ2v) is 7.36. The minimum Gasteiger partial charge on any atom is -0.484 e. The molecule has 11 heteroatoms. The molecule has 7 nitrogen and oxygen atoms in total. The Kier molecular flexibility index (Phi) is 9.85. The van der Waals surface area contributed by atoms with Gasteiger partial charge in [0.25, 0.3) is 0 Å². The highest BCUT2D eigenvalue weighted by Gasteiger charge is 2.28. The van der Waals surface area contributed by atoms with E-state index in [0.29, 0.717) is 37.3 Å². The van der Waals surface area contributed by atoms with Crippen LogP contribution in [0.5, 0.6) is 5.75 Å². The molecule has 0 aliphatic heterocycles. The van der Waals surface area contributed by atoms with Crippen molar-refractivity contribution in [3.05, 3.63) is 41.5 Å². The number of alkyl halides is 3. The molecular weight excluding hydrogens is 514 g/mol. The fourth-order valence-corrected chi connectivity index (χ4v) is 2.16. The second kappa shape index (κ2) is 11.4. The first kappa shape index (κ1) is 26.0. The number of guanidine groups is 1. The van der Waals surface area contributed by atoms with Gasteiger partial charge in [-0.3, -0.25) is 0 Å². The molecule has 0 spiro atoms. The molecule has 0 saturated carbocycles. The summed E-state index contributed by atoms with van der Waals surface area (Å²) in [4.78, 5) is 8.82. The van der Waals surface area contributed by atoms with Crippen LogP contribution < -0.4 is 15.4 Å². The Balaban J connectivity index is 0.00000450. The maximum absolute atomic E-state index is 12.2. The van der Waals surface area contributed by atoms with E-state index < -0.39 is 12.8 Å². The Morgan fingerprint density at radius 1 is 1.13 bits per heavy atom. The molecule has 0 aliphatic carbocycles. The van der Waals surface area contributed by atoms with Gasteiger partial charge in [-0.1, -0.05) is 38.1 Å². The van der Waals surface area contributed by atoms with E-state index in [4.69, 9.17) is 9.26 Å². The predicted molar refractivity (Wildman–Crippen MR) is 118 cm³/mol. The molecule has 0 saturated heterocycles. The average Bonchev–Trinajstić information content (AvgIpc) is 3.12. The SMILES string of the molecule is CCNC(=NCc1ccc(OCC(F)(F)F)cc1)NCc1noc(C(C)(C)C)n1.I. The lowest BCUT2D eigenvalue weighted by molar-refractivity contribution is -0.153. The Labute approximate surface area is 190 Å². The molecule has 1 aromatic carbocycles. The maximum atomic E-state index is 12.2. The van der Waals surface area contributed by atoms with E-state index in [0.717, 1.165) is 5.56 Å². The van der Waals surface area contributed by atoms with E-state index in [9.17, 15) is 13.2 Å². The number of hydrogen-bond acceptors (Lipinski definition) is 5. The first-order valence-electron chi connectivity index (χ1n) is 9.20. The smallest absolute Gasteiger partial charge is 0.422 e. The molecule has 2 N–H and O–H groups in total. The zero-order chi connectivity index (χ0) is 21.5. The van der Waals surface area contributed by atoms with Crippen LogP contribution in [0.4, 0.5) is 13.2 Å². The van der Waals surface area contributed by atoms with Crippen LogP contribution in [-0.2, 0) is 18.5 Å². The summed E-state index contributed by atoms with van der Waals surface area (Å²) in [5.41, 5.74) is 0.607. The average molecular weight is 541 g/mol. The molecule has 0 amide bonds. The lowest BCUT2D eigenvalue weighted by Gasteiger charge is -2.11. The molecule has 2 rings (SSSR count). The minimum atomic E-state index is -4.36.